The lowest BCUT2D eigenvalue weighted by molar-refractivity contribution is -0.693. The number of rotatable bonds is 7. The minimum absolute atomic E-state index is 0.282. The maximum Gasteiger partial charge on any atom is 0.231 e. The number of halogens is 2. The van der Waals surface area contributed by atoms with Crippen LogP contribution in [0.2, 0.25) is 0 Å². The molecule has 2 aliphatic rings. The van der Waals surface area contributed by atoms with Crippen molar-refractivity contribution in [2.45, 2.75) is 38.6 Å². The number of hydrogen-bond donors (Lipinski definition) is 0. The summed E-state index contributed by atoms with van der Waals surface area (Å²) in [6.45, 7) is 1.19. The highest BCUT2D eigenvalue weighted by Crippen LogP contribution is 2.45. The molecule has 0 N–H and O–H groups in total. The Morgan fingerprint density at radius 3 is 2.59 bits per heavy atom. The molecule has 0 saturated heterocycles. The molecule has 2 aromatic carbocycles. The Balaban J connectivity index is 1.76. The van der Waals surface area contributed by atoms with Crippen molar-refractivity contribution in [2.24, 2.45) is 0 Å². The molecule has 0 radical (unpaired) electrons. The SMILES string of the molecule is COc1cc(Br)c2cc3[n+](c(CCCCCCl)c2c1OC)CCc1cc2c(cc1-3)OCO2. The van der Waals surface area contributed by atoms with E-state index in [9.17, 15) is 0 Å². The highest BCUT2D eigenvalue weighted by atomic mass is 79.9. The van der Waals surface area contributed by atoms with Crippen LogP contribution < -0.4 is 23.5 Å². The molecule has 0 fully saturated rings. The van der Waals surface area contributed by atoms with Crippen molar-refractivity contribution < 1.29 is 23.5 Å². The van der Waals surface area contributed by atoms with Gasteiger partial charge < -0.3 is 18.9 Å². The molecule has 2 aliphatic heterocycles. The van der Waals surface area contributed by atoms with Gasteiger partial charge in [0.05, 0.1) is 25.2 Å². The van der Waals surface area contributed by atoms with Gasteiger partial charge in [0.2, 0.25) is 12.5 Å². The fraction of sp³-hybridized carbons (Fsp3) is 0.400. The number of aromatic nitrogens is 1. The summed E-state index contributed by atoms with van der Waals surface area (Å²) in [5.41, 5.74) is 4.95. The van der Waals surface area contributed by atoms with Gasteiger partial charge >= 0.3 is 0 Å². The Morgan fingerprint density at radius 2 is 1.84 bits per heavy atom. The normalized spacial score (nSPS) is 13.8. The highest BCUT2D eigenvalue weighted by Gasteiger charge is 2.33. The summed E-state index contributed by atoms with van der Waals surface area (Å²) >= 11 is 9.72. The zero-order valence-electron chi connectivity index (χ0n) is 18.3. The highest BCUT2D eigenvalue weighted by molar-refractivity contribution is 9.10. The van der Waals surface area contributed by atoms with E-state index >= 15 is 0 Å². The lowest BCUT2D eigenvalue weighted by atomic mass is 9.92. The van der Waals surface area contributed by atoms with Crippen LogP contribution in [0.5, 0.6) is 23.0 Å². The number of aryl methyl sites for hydroxylation is 2. The van der Waals surface area contributed by atoms with Crippen molar-refractivity contribution in [1.29, 1.82) is 0 Å². The van der Waals surface area contributed by atoms with E-state index in [-0.39, 0.29) is 6.79 Å². The molecule has 0 spiro atoms. The predicted molar refractivity (Wildman–Crippen MR) is 128 cm³/mol. The number of fused-ring (bicyclic) bond motifs is 5. The standard InChI is InChI=1S/C25H26BrClNO4/c1-29-23-13-18(26)17-11-20-16-12-22-21(31-14-32-22)10-15(16)7-9-28(20)19(6-4-3-5-8-27)24(17)25(23)30-2/h10-13H,3-9,14H2,1-2H3/q+1. The first kappa shape index (κ1) is 21.7. The molecule has 0 aliphatic carbocycles. The number of methoxy groups -OCH3 is 2. The average Bonchev–Trinajstić information content (AvgIpc) is 3.27. The Labute approximate surface area is 201 Å². The van der Waals surface area contributed by atoms with E-state index in [1.165, 1.54) is 22.5 Å². The molecule has 1 aromatic heterocycles. The number of ether oxygens (including phenoxy) is 4. The van der Waals surface area contributed by atoms with Gasteiger partial charge in [0.1, 0.15) is 0 Å². The van der Waals surface area contributed by atoms with Crippen molar-refractivity contribution >= 4 is 38.3 Å². The van der Waals surface area contributed by atoms with Crippen LogP contribution >= 0.6 is 27.5 Å². The van der Waals surface area contributed by atoms with Crippen molar-refractivity contribution in [3.63, 3.8) is 0 Å². The number of benzene rings is 2. The van der Waals surface area contributed by atoms with Gasteiger partial charge in [0.15, 0.2) is 35.2 Å². The first-order valence-corrected chi connectivity index (χ1v) is 12.3. The molecule has 0 amide bonds. The van der Waals surface area contributed by atoms with E-state index in [4.69, 9.17) is 30.5 Å². The Bertz CT molecular complexity index is 1200. The number of unbranched alkanes of at least 4 members (excludes halogenated alkanes) is 2. The summed E-state index contributed by atoms with van der Waals surface area (Å²) < 4.78 is 26.3. The van der Waals surface area contributed by atoms with E-state index in [1.807, 2.05) is 6.07 Å². The zero-order valence-corrected chi connectivity index (χ0v) is 20.6. The van der Waals surface area contributed by atoms with E-state index in [2.05, 4.69) is 38.7 Å². The molecule has 32 heavy (non-hydrogen) atoms. The summed E-state index contributed by atoms with van der Waals surface area (Å²) in [6.07, 6.45) is 5.07. The van der Waals surface area contributed by atoms with Crippen molar-refractivity contribution in [1.82, 2.24) is 0 Å². The predicted octanol–water partition coefficient (Wildman–Crippen LogP) is 5.81. The second-order valence-electron chi connectivity index (χ2n) is 8.12. The molecule has 0 atom stereocenters. The molecular formula is C25H26BrClNO4+. The van der Waals surface area contributed by atoms with Gasteiger partial charge in [-0.3, -0.25) is 0 Å². The minimum atomic E-state index is 0.282. The summed E-state index contributed by atoms with van der Waals surface area (Å²) in [5, 5.41) is 2.23. The van der Waals surface area contributed by atoms with Gasteiger partial charge in [-0.15, -0.1) is 11.6 Å². The molecule has 0 saturated carbocycles. The Kier molecular flexibility index (Phi) is 6.08. The number of nitrogens with zero attached hydrogens (tertiary/aromatic N) is 1. The Hall–Kier alpha value is -2.18. The maximum atomic E-state index is 5.93. The van der Waals surface area contributed by atoms with Crippen LogP contribution in [0.3, 0.4) is 0 Å². The minimum Gasteiger partial charge on any atom is -0.493 e. The molecule has 3 aromatic rings. The summed E-state index contributed by atoms with van der Waals surface area (Å²) in [5.74, 6) is 3.86. The van der Waals surface area contributed by atoms with Crippen molar-refractivity contribution in [3.8, 4) is 34.3 Å². The second kappa shape index (κ2) is 8.99. The summed E-state index contributed by atoms with van der Waals surface area (Å²) in [4.78, 5) is 0. The lowest BCUT2D eigenvalue weighted by Crippen LogP contribution is -2.44. The van der Waals surface area contributed by atoms with Crippen LogP contribution in [0.1, 0.15) is 30.5 Å². The molecule has 3 heterocycles. The van der Waals surface area contributed by atoms with Gasteiger partial charge in [-0.25, -0.2) is 0 Å². The van der Waals surface area contributed by atoms with Gasteiger partial charge in [0.25, 0.3) is 0 Å². The molecule has 7 heteroatoms. The van der Waals surface area contributed by atoms with Crippen LogP contribution in [0, 0.1) is 0 Å². The maximum absolute atomic E-state index is 5.93. The number of hydrogen-bond acceptors (Lipinski definition) is 4. The largest absolute Gasteiger partial charge is 0.493 e. The molecular weight excluding hydrogens is 494 g/mol. The van der Waals surface area contributed by atoms with Crippen molar-refractivity contribution in [3.05, 3.63) is 40.0 Å². The van der Waals surface area contributed by atoms with E-state index in [0.717, 1.165) is 76.9 Å². The quantitative estimate of drug-likeness (QED) is 0.224. The third-order valence-electron chi connectivity index (χ3n) is 6.37. The summed E-state index contributed by atoms with van der Waals surface area (Å²) in [7, 11) is 3.39. The topological polar surface area (TPSA) is 40.8 Å². The van der Waals surface area contributed by atoms with Crippen LogP contribution in [0.4, 0.5) is 0 Å². The average molecular weight is 520 g/mol. The van der Waals surface area contributed by atoms with Crippen molar-refractivity contribution in [2.75, 3.05) is 26.9 Å². The molecule has 0 bridgehead atoms. The van der Waals surface area contributed by atoms with Gasteiger partial charge in [0, 0.05) is 34.6 Å². The van der Waals surface area contributed by atoms with E-state index in [1.54, 1.807) is 14.2 Å². The molecule has 168 valence electrons. The fourth-order valence-corrected chi connectivity index (χ4v) is 5.57. The lowest BCUT2D eigenvalue weighted by Gasteiger charge is -2.21. The number of alkyl halides is 1. The van der Waals surface area contributed by atoms with Gasteiger partial charge in [-0.2, -0.15) is 4.57 Å². The third-order valence-corrected chi connectivity index (χ3v) is 7.30. The van der Waals surface area contributed by atoms with E-state index in [0.29, 0.717) is 5.88 Å². The fourth-order valence-electron chi connectivity index (χ4n) is 4.86. The van der Waals surface area contributed by atoms with Gasteiger partial charge in [-0.05, 0) is 36.6 Å². The molecule has 5 nitrogen and oxygen atoms in total. The molecule has 5 rings (SSSR count). The monoisotopic (exact) mass is 518 g/mol. The summed E-state index contributed by atoms with van der Waals surface area (Å²) in [6, 6.07) is 8.50. The third kappa shape index (κ3) is 3.57. The van der Waals surface area contributed by atoms with Gasteiger partial charge in [-0.1, -0.05) is 22.4 Å². The van der Waals surface area contributed by atoms with E-state index < -0.39 is 0 Å². The van der Waals surface area contributed by atoms with Crippen LogP contribution in [-0.4, -0.2) is 26.9 Å². The second-order valence-corrected chi connectivity index (χ2v) is 9.36. The first-order valence-electron chi connectivity index (χ1n) is 10.9. The first-order chi connectivity index (χ1) is 15.7. The zero-order chi connectivity index (χ0) is 22.2. The number of pyridine rings is 1. The smallest absolute Gasteiger partial charge is 0.231 e. The molecule has 0 unspecified atom stereocenters. The van der Waals surface area contributed by atoms with Crippen LogP contribution in [0.25, 0.3) is 22.0 Å². The van der Waals surface area contributed by atoms with Crippen LogP contribution in [0.15, 0.2) is 28.7 Å². The Morgan fingerprint density at radius 1 is 1.03 bits per heavy atom. The van der Waals surface area contributed by atoms with Crippen LogP contribution in [-0.2, 0) is 19.4 Å².